The van der Waals surface area contributed by atoms with Crippen LogP contribution in [0.2, 0.25) is 13.1 Å². The molecule has 1 nitrogen and oxygen atoms in total. The van der Waals surface area contributed by atoms with Crippen LogP contribution in [0.15, 0.2) is 79.0 Å². The van der Waals surface area contributed by atoms with Crippen LogP contribution in [-0.2, 0) is 20.1 Å². The van der Waals surface area contributed by atoms with Crippen LogP contribution in [0, 0.1) is 6.07 Å². The van der Waals surface area contributed by atoms with E-state index in [9.17, 15) is 0 Å². The number of pyridine rings is 1. The number of nitrogens with zero attached hydrogens (tertiary/aromatic N) is 1. The fourth-order valence-corrected chi connectivity index (χ4v) is 8.95. The molecule has 0 saturated carbocycles. The Kier molecular flexibility index (Phi) is 5.06. The first-order valence-electron chi connectivity index (χ1n) is 12.2. The zero-order valence-electron chi connectivity index (χ0n) is 20.4. The number of hydrogen-bond donors (Lipinski definition) is 0. The predicted molar refractivity (Wildman–Crippen MR) is 149 cm³/mol. The van der Waals surface area contributed by atoms with Gasteiger partial charge in [-0.3, -0.25) is 4.98 Å². The van der Waals surface area contributed by atoms with Crippen LogP contribution < -0.4 is 10.4 Å². The average Bonchev–Trinajstić information content (AvgIpc) is 2.85. The normalized spacial score (nSPS) is 14.0. The fraction of sp³-hybridized carbons (Fsp3) is 0.156. The molecule has 7 rings (SSSR count). The Balaban J connectivity index is 0.00000229. The van der Waals surface area contributed by atoms with Crippen molar-refractivity contribution in [1.82, 2.24) is 4.98 Å². The molecule has 0 amide bonds. The summed E-state index contributed by atoms with van der Waals surface area (Å²) in [5, 5.41) is 13.4. The Morgan fingerprint density at radius 2 is 1.54 bits per heavy atom. The second kappa shape index (κ2) is 7.83. The van der Waals surface area contributed by atoms with E-state index in [4.69, 9.17) is 4.98 Å². The Bertz CT molecular complexity index is 1820. The molecule has 35 heavy (non-hydrogen) atoms. The van der Waals surface area contributed by atoms with Gasteiger partial charge in [0, 0.05) is 32.0 Å². The molecule has 3 heteroatoms. The Morgan fingerprint density at radius 3 is 2.37 bits per heavy atom. The van der Waals surface area contributed by atoms with Crippen LogP contribution in [0.5, 0.6) is 0 Å². The average molecular weight is 645 g/mol. The van der Waals surface area contributed by atoms with Crippen molar-refractivity contribution < 1.29 is 20.1 Å². The standard InChI is InChI=1S/C32H26NSi.Ir/c1-19(2)21-10-9-20-11-12-24-25-13-14-33-32-28-16-22-7-5-6-8-23(22)17-29(28)34(3,4)30(31(25)32)18-27(24)26(20)15-21;/h5-15,17-19H,1-4H3;/q-1;. The van der Waals surface area contributed by atoms with Crippen molar-refractivity contribution >= 4 is 61.5 Å². The molecule has 6 aromatic rings. The largest absolute Gasteiger partial charge is 0.294 e. The molecule has 0 fully saturated rings. The molecule has 0 unspecified atom stereocenters. The third-order valence-corrected chi connectivity index (χ3v) is 11.4. The summed E-state index contributed by atoms with van der Waals surface area (Å²) in [6.07, 6.45) is 1.99. The molecule has 1 aromatic heterocycles. The van der Waals surface area contributed by atoms with Gasteiger partial charge in [0.1, 0.15) is 0 Å². The summed E-state index contributed by atoms with van der Waals surface area (Å²) in [5.74, 6) is 0.510. The molecule has 0 atom stereocenters. The van der Waals surface area contributed by atoms with Crippen LogP contribution in [0.1, 0.15) is 25.3 Å². The molecule has 1 aliphatic heterocycles. The molecule has 0 bridgehead atoms. The molecule has 0 saturated heterocycles. The maximum absolute atomic E-state index is 4.95. The minimum absolute atomic E-state index is 0. The smallest absolute Gasteiger partial charge is 0.0743 e. The van der Waals surface area contributed by atoms with Crippen LogP contribution in [-0.4, -0.2) is 13.1 Å². The van der Waals surface area contributed by atoms with E-state index in [0.717, 1.165) is 5.69 Å². The summed E-state index contributed by atoms with van der Waals surface area (Å²) in [5.41, 5.74) is 3.70. The van der Waals surface area contributed by atoms with Crippen LogP contribution in [0.25, 0.3) is 54.3 Å². The fourth-order valence-electron chi connectivity index (χ4n) is 5.96. The molecular formula is C32H26IrNSi-. The molecule has 1 radical (unpaired) electrons. The predicted octanol–water partition coefficient (Wildman–Crippen LogP) is 7.42. The maximum atomic E-state index is 4.95. The first-order valence-corrected chi connectivity index (χ1v) is 15.2. The number of aromatic nitrogens is 1. The number of fused-ring (bicyclic) bond motifs is 7. The van der Waals surface area contributed by atoms with E-state index in [1.54, 1.807) is 0 Å². The van der Waals surface area contributed by atoms with Gasteiger partial charge in [-0.25, -0.2) is 0 Å². The molecule has 173 valence electrons. The topological polar surface area (TPSA) is 12.9 Å². The Hall–Kier alpha value is -2.84. The van der Waals surface area contributed by atoms with Gasteiger partial charge in [-0.2, -0.15) is 0 Å². The molecule has 0 spiro atoms. The van der Waals surface area contributed by atoms with Gasteiger partial charge in [0.15, 0.2) is 0 Å². The third-order valence-electron chi connectivity index (χ3n) is 7.93. The summed E-state index contributed by atoms with van der Waals surface area (Å²) >= 11 is 0. The van der Waals surface area contributed by atoms with Crippen molar-refractivity contribution in [2.75, 3.05) is 0 Å². The van der Waals surface area contributed by atoms with Crippen LogP contribution in [0.4, 0.5) is 0 Å². The van der Waals surface area contributed by atoms with E-state index in [2.05, 4.69) is 106 Å². The summed E-state index contributed by atoms with van der Waals surface area (Å²) in [7, 11) is -1.99. The van der Waals surface area contributed by atoms with Gasteiger partial charge in [-0.1, -0.05) is 97.7 Å². The van der Waals surface area contributed by atoms with Crippen LogP contribution in [0.3, 0.4) is 0 Å². The zero-order valence-corrected chi connectivity index (χ0v) is 23.8. The van der Waals surface area contributed by atoms with Gasteiger partial charge >= 0.3 is 0 Å². The number of rotatable bonds is 1. The maximum Gasteiger partial charge on any atom is 0.0743 e. The molecule has 0 N–H and O–H groups in total. The molecular weight excluding hydrogens is 619 g/mol. The molecule has 5 aromatic carbocycles. The van der Waals surface area contributed by atoms with Crippen molar-refractivity contribution in [1.29, 1.82) is 0 Å². The van der Waals surface area contributed by atoms with Gasteiger partial charge in [-0.05, 0) is 49.9 Å². The van der Waals surface area contributed by atoms with E-state index >= 15 is 0 Å². The van der Waals surface area contributed by atoms with Crippen LogP contribution >= 0.6 is 0 Å². The summed E-state index contributed by atoms with van der Waals surface area (Å²) in [4.78, 5) is 4.95. The van der Waals surface area contributed by atoms with Crippen molar-refractivity contribution in [2.24, 2.45) is 0 Å². The van der Waals surface area contributed by atoms with Gasteiger partial charge in [0.05, 0.1) is 8.07 Å². The quantitative estimate of drug-likeness (QED) is 0.103. The van der Waals surface area contributed by atoms with E-state index in [1.165, 1.54) is 64.6 Å². The minimum atomic E-state index is -1.99. The van der Waals surface area contributed by atoms with Gasteiger partial charge < -0.3 is 0 Å². The number of hydrogen-bond acceptors (Lipinski definition) is 1. The van der Waals surface area contributed by atoms with Gasteiger partial charge in [-0.15, -0.1) is 28.8 Å². The second-order valence-electron chi connectivity index (χ2n) is 10.6. The summed E-state index contributed by atoms with van der Waals surface area (Å²) in [6, 6.07) is 31.1. The van der Waals surface area contributed by atoms with Crippen molar-refractivity contribution in [3.05, 3.63) is 90.6 Å². The Labute approximate surface area is 220 Å². The molecule has 2 heterocycles. The van der Waals surface area contributed by atoms with E-state index < -0.39 is 8.07 Å². The van der Waals surface area contributed by atoms with Crippen molar-refractivity contribution in [3.8, 4) is 11.3 Å². The first-order chi connectivity index (χ1) is 16.4. The first kappa shape index (κ1) is 22.6. The van der Waals surface area contributed by atoms with Crippen molar-refractivity contribution in [3.63, 3.8) is 0 Å². The van der Waals surface area contributed by atoms with Crippen molar-refractivity contribution in [2.45, 2.75) is 32.9 Å². The summed E-state index contributed by atoms with van der Waals surface area (Å²) < 4.78 is 0. The molecule has 0 aliphatic carbocycles. The van der Waals surface area contributed by atoms with Gasteiger partial charge in [0.2, 0.25) is 0 Å². The number of benzene rings is 5. The second-order valence-corrected chi connectivity index (χ2v) is 14.9. The van der Waals surface area contributed by atoms with E-state index in [1.807, 2.05) is 6.20 Å². The SMILES string of the molecule is CC(C)c1ccc2ccc3c4ccnc5c4c(cc3c2c1)[Si](C)(C)c1cc2ccccc2[c-]c1-5.[Ir]. The monoisotopic (exact) mass is 645 g/mol. The van der Waals surface area contributed by atoms with Gasteiger partial charge in [0.25, 0.3) is 0 Å². The van der Waals surface area contributed by atoms with E-state index in [0.29, 0.717) is 5.92 Å². The minimum Gasteiger partial charge on any atom is -0.294 e. The third kappa shape index (κ3) is 3.12. The zero-order chi connectivity index (χ0) is 23.2. The molecule has 1 aliphatic rings. The summed E-state index contributed by atoms with van der Waals surface area (Å²) in [6.45, 7) is 9.54. The Morgan fingerprint density at radius 1 is 0.743 bits per heavy atom. The van der Waals surface area contributed by atoms with E-state index in [-0.39, 0.29) is 20.1 Å².